The standard InChI is InChI=1S/C13H17BrN2O/c1-15-5-7-16(8-6-15)13-4-2-3-12(14)9-11(13)10-17/h3-4,9-10H,2,5-8H2,1H3. The second-order valence-electron chi connectivity index (χ2n) is 4.42. The van der Waals surface area contributed by atoms with E-state index in [1.807, 2.05) is 6.08 Å². The number of piperazine rings is 1. The number of halogens is 1. The normalized spacial score (nSPS) is 22.5. The smallest absolute Gasteiger partial charge is 0.152 e. The van der Waals surface area contributed by atoms with Gasteiger partial charge in [0.1, 0.15) is 0 Å². The van der Waals surface area contributed by atoms with Crippen LogP contribution in [0.4, 0.5) is 0 Å². The molecule has 3 nitrogen and oxygen atoms in total. The van der Waals surface area contributed by atoms with E-state index in [4.69, 9.17) is 0 Å². The van der Waals surface area contributed by atoms with Crippen molar-refractivity contribution < 1.29 is 4.79 Å². The second-order valence-corrected chi connectivity index (χ2v) is 5.34. The molecule has 1 aliphatic carbocycles. The minimum atomic E-state index is 0.773. The van der Waals surface area contributed by atoms with E-state index in [0.717, 1.165) is 54.6 Å². The molecule has 0 aromatic heterocycles. The molecule has 1 saturated heterocycles. The molecule has 1 aliphatic heterocycles. The first kappa shape index (κ1) is 12.6. The van der Waals surface area contributed by atoms with E-state index in [9.17, 15) is 4.79 Å². The number of hydrogen-bond donors (Lipinski definition) is 0. The van der Waals surface area contributed by atoms with Crippen molar-refractivity contribution in [3.05, 3.63) is 34.0 Å². The van der Waals surface area contributed by atoms with Crippen LogP contribution in [-0.4, -0.2) is 49.3 Å². The van der Waals surface area contributed by atoms with Crippen molar-refractivity contribution in [2.75, 3.05) is 33.2 Å². The molecule has 2 aliphatic rings. The molecule has 0 unspecified atom stereocenters. The predicted molar refractivity (Wildman–Crippen MR) is 72.9 cm³/mol. The number of carbonyl (C=O) groups excluding carboxylic acids is 1. The van der Waals surface area contributed by atoms with Gasteiger partial charge in [-0.2, -0.15) is 0 Å². The van der Waals surface area contributed by atoms with Gasteiger partial charge >= 0.3 is 0 Å². The van der Waals surface area contributed by atoms with Crippen LogP contribution in [-0.2, 0) is 4.79 Å². The van der Waals surface area contributed by atoms with Gasteiger partial charge in [-0.1, -0.05) is 28.1 Å². The van der Waals surface area contributed by atoms with Crippen LogP contribution in [0, 0.1) is 0 Å². The molecule has 0 atom stereocenters. The maximum absolute atomic E-state index is 11.2. The topological polar surface area (TPSA) is 23.6 Å². The van der Waals surface area contributed by atoms with Crippen molar-refractivity contribution >= 4 is 22.2 Å². The van der Waals surface area contributed by atoms with Crippen molar-refractivity contribution in [1.82, 2.24) is 9.80 Å². The van der Waals surface area contributed by atoms with Crippen molar-refractivity contribution in [2.45, 2.75) is 6.42 Å². The van der Waals surface area contributed by atoms with Crippen LogP contribution < -0.4 is 0 Å². The Morgan fingerprint density at radius 2 is 1.94 bits per heavy atom. The third kappa shape index (κ3) is 3.07. The lowest BCUT2D eigenvalue weighted by atomic mass is 10.1. The molecule has 0 saturated carbocycles. The summed E-state index contributed by atoms with van der Waals surface area (Å²) in [5.74, 6) is 0. The Morgan fingerprint density at radius 3 is 2.59 bits per heavy atom. The molecular formula is C13H17BrN2O. The Balaban J connectivity index is 2.17. The molecule has 1 heterocycles. The van der Waals surface area contributed by atoms with Gasteiger partial charge in [-0.15, -0.1) is 0 Å². The van der Waals surface area contributed by atoms with Crippen molar-refractivity contribution in [3.63, 3.8) is 0 Å². The molecule has 0 aromatic rings. The average Bonchev–Trinajstić information content (AvgIpc) is 2.52. The first-order valence-electron chi connectivity index (χ1n) is 5.87. The Hall–Kier alpha value is -0.870. The lowest BCUT2D eigenvalue weighted by molar-refractivity contribution is -0.104. The first-order valence-corrected chi connectivity index (χ1v) is 6.66. The third-order valence-electron chi connectivity index (χ3n) is 3.18. The number of likely N-dealkylation sites (N-methyl/N-ethyl adjacent to an activating group) is 1. The zero-order chi connectivity index (χ0) is 12.3. The lowest BCUT2D eigenvalue weighted by Crippen LogP contribution is -2.44. The molecule has 4 heteroatoms. The number of nitrogens with zero attached hydrogens (tertiary/aromatic N) is 2. The summed E-state index contributed by atoms with van der Waals surface area (Å²) >= 11 is 3.45. The maximum atomic E-state index is 11.2. The van der Waals surface area contributed by atoms with Gasteiger partial charge in [0.05, 0.1) is 0 Å². The summed E-state index contributed by atoms with van der Waals surface area (Å²) in [6.07, 6.45) is 7.94. The van der Waals surface area contributed by atoms with Crippen LogP contribution in [0.2, 0.25) is 0 Å². The van der Waals surface area contributed by atoms with Crippen molar-refractivity contribution in [3.8, 4) is 0 Å². The Kier molecular flexibility index (Phi) is 4.18. The number of rotatable bonds is 2. The summed E-state index contributed by atoms with van der Waals surface area (Å²) in [5, 5.41) is 0. The molecule has 1 fully saturated rings. The van der Waals surface area contributed by atoms with Gasteiger partial charge in [-0.05, 0) is 19.5 Å². The summed E-state index contributed by atoms with van der Waals surface area (Å²) in [7, 11) is 2.13. The zero-order valence-corrected chi connectivity index (χ0v) is 11.6. The number of hydrogen-bond acceptors (Lipinski definition) is 3. The Bertz CT molecular complexity index is 390. The summed E-state index contributed by atoms with van der Waals surface area (Å²) in [5.41, 5.74) is 1.86. The highest BCUT2D eigenvalue weighted by Crippen LogP contribution is 2.23. The van der Waals surface area contributed by atoms with E-state index >= 15 is 0 Å². The second kappa shape index (κ2) is 5.65. The Labute approximate surface area is 111 Å². The summed E-state index contributed by atoms with van der Waals surface area (Å²) < 4.78 is 0.986. The van der Waals surface area contributed by atoms with E-state index in [2.05, 4.69) is 44.9 Å². The highest BCUT2D eigenvalue weighted by Gasteiger charge is 2.19. The summed E-state index contributed by atoms with van der Waals surface area (Å²) in [6.45, 7) is 4.09. The molecular weight excluding hydrogens is 280 g/mol. The van der Waals surface area contributed by atoms with Crippen LogP contribution in [0.25, 0.3) is 0 Å². The van der Waals surface area contributed by atoms with Gasteiger partial charge in [0.25, 0.3) is 0 Å². The SMILES string of the molecule is CN1CCN(C2=CCC=C(Br)C=C2C=O)CC1. The number of allylic oxidation sites excluding steroid dienone is 5. The summed E-state index contributed by atoms with van der Waals surface area (Å²) in [6, 6.07) is 0. The summed E-state index contributed by atoms with van der Waals surface area (Å²) in [4.78, 5) is 15.8. The van der Waals surface area contributed by atoms with Crippen LogP contribution >= 0.6 is 15.9 Å². The lowest BCUT2D eigenvalue weighted by Gasteiger charge is -2.35. The van der Waals surface area contributed by atoms with E-state index < -0.39 is 0 Å². The molecule has 17 heavy (non-hydrogen) atoms. The predicted octanol–water partition coefficient (Wildman–Crippen LogP) is 1.93. The minimum Gasteiger partial charge on any atom is -0.369 e. The minimum absolute atomic E-state index is 0.773. The number of carbonyl (C=O) groups is 1. The molecule has 0 amide bonds. The van der Waals surface area contributed by atoms with Crippen molar-refractivity contribution in [1.29, 1.82) is 0 Å². The van der Waals surface area contributed by atoms with Gasteiger partial charge in [0.15, 0.2) is 6.29 Å². The maximum Gasteiger partial charge on any atom is 0.152 e. The fourth-order valence-corrected chi connectivity index (χ4v) is 2.57. The van der Waals surface area contributed by atoms with Crippen LogP contribution in [0.15, 0.2) is 34.0 Å². The zero-order valence-electron chi connectivity index (χ0n) is 10.0. The quantitative estimate of drug-likeness (QED) is 0.728. The van der Waals surface area contributed by atoms with Gasteiger partial charge in [0.2, 0.25) is 0 Å². The van der Waals surface area contributed by atoms with Gasteiger partial charge in [-0.3, -0.25) is 4.79 Å². The largest absolute Gasteiger partial charge is 0.369 e. The number of aldehydes is 1. The van der Waals surface area contributed by atoms with Crippen molar-refractivity contribution in [2.24, 2.45) is 0 Å². The molecule has 2 rings (SSSR count). The van der Waals surface area contributed by atoms with Gasteiger partial charge in [0, 0.05) is 41.9 Å². The fourth-order valence-electron chi connectivity index (χ4n) is 2.14. The molecule has 0 bridgehead atoms. The molecule has 0 spiro atoms. The molecule has 0 aromatic carbocycles. The Morgan fingerprint density at radius 1 is 1.24 bits per heavy atom. The van der Waals surface area contributed by atoms with E-state index in [1.165, 1.54) is 0 Å². The van der Waals surface area contributed by atoms with E-state index in [0.29, 0.717) is 0 Å². The van der Waals surface area contributed by atoms with Gasteiger partial charge < -0.3 is 9.80 Å². The average molecular weight is 297 g/mol. The first-order chi connectivity index (χ1) is 8.20. The van der Waals surface area contributed by atoms with Crippen LogP contribution in [0.3, 0.4) is 0 Å². The van der Waals surface area contributed by atoms with E-state index in [-0.39, 0.29) is 0 Å². The molecule has 92 valence electrons. The van der Waals surface area contributed by atoms with Crippen LogP contribution in [0.1, 0.15) is 6.42 Å². The third-order valence-corrected chi connectivity index (χ3v) is 3.74. The molecule has 0 radical (unpaired) electrons. The fraction of sp³-hybridized carbons (Fsp3) is 0.462. The monoisotopic (exact) mass is 296 g/mol. The molecule has 0 N–H and O–H groups in total. The highest BCUT2D eigenvalue weighted by molar-refractivity contribution is 9.11. The van der Waals surface area contributed by atoms with Crippen LogP contribution in [0.5, 0.6) is 0 Å². The van der Waals surface area contributed by atoms with E-state index in [1.54, 1.807) is 0 Å². The van der Waals surface area contributed by atoms with Gasteiger partial charge in [-0.25, -0.2) is 0 Å². The highest BCUT2D eigenvalue weighted by atomic mass is 79.9.